The minimum Gasteiger partial charge on any atom is -0.233 e. The highest BCUT2D eigenvalue weighted by molar-refractivity contribution is 7.99. The van der Waals surface area contributed by atoms with Crippen molar-refractivity contribution in [3.8, 4) is 0 Å². The zero-order valence-corrected chi connectivity index (χ0v) is 14.3. The maximum atomic E-state index is 4.78. The van der Waals surface area contributed by atoms with Crippen LogP contribution in [0, 0.1) is 0 Å². The molecule has 2 heterocycles. The van der Waals surface area contributed by atoms with E-state index in [9.17, 15) is 0 Å². The zero-order chi connectivity index (χ0) is 14.4. The molecule has 20 heavy (non-hydrogen) atoms. The highest BCUT2D eigenvalue weighted by Crippen LogP contribution is 2.46. The summed E-state index contributed by atoms with van der Waals surface area (Å²) in [5.74, 6) is 0. The summed E-state index contributed by atoms with van der Waals surface area (Å²) in [6.45, 7) is 9.42. The topological polar surface area (TPSA) is 16.1 Å². The van der Waals surface area contributed by atoms with Crippen molar-refractivity contribution in [2.24, 2.45) is 0 Å². The molecule has 1 aromatic carbocycles. The fraction of sp³-hybridized carbons (Fsp3) is 0.562. The van der Waals surface area contributed by atoms with Gasteiger partial charge in [0.05, 0.1) is 10.2 Å². The number of benzene rings is 1. The molecule has 0 radical (unpaired) electrons. The Kier molecular flexibility index (Phi) is 3.59. The molecule has 1 aromatic heterocycles. The van der Waals surface area contributed by atoms with Crippen LogP contribution in [0.4, 0.5) is 0 Å². The van der Waals surface area contributed by atoms with E-state index < -0.39 is 0 Å². The molecular weight excluding hydrogens is 284 g/mol. The largest absolute Gasteiger partial charge is 0.233 e. The van der Waals surface area contributed by atoms with E-state index in [1.165, 1.54) is 24.0 Å². The Bertz CT molecular complexity index is 567. The number of piperidine rings is 1. The van der Waals surface area contributed by atoms with Gasteiger partial charge in [0.2, 0.25) is 0 Å². The summed E-state index contributed by atoms with van der Waals surface area (Å²) in [7, 11) is 0. The second-order valence-electron chi connectivity index (χ2n) is 6.81. The number of hydrogen-bond donors (Lipinski definition) is 0. The first kappa shape index (κ1) is 14.4. The van der Waals surface area contributed by atoms with Gasteiger partial charge in [0.1, 0.15) is 0 Å². The van der Waals surface area contributed by atoms with Crippen LogP contribution in [0.2, 0.25) is 0 Å². The minimum absolute atomic E-state index is 0.226. The Balaban J connectivity index is 1.91. The molecule has 0 bridgehead atoms. The first-order valence-electron chi connectivity index (χ1n) is 7.22. The van der Waals surface area contributed by atoms with Gasteiger partial charge in [-0.15, -0.1) is 11.3 Å². The third-order valence-corrected chi connectivity index (χ3v) is 6.84. The van der Waals surface area contributed by atoms with Crippen molar-refractivity contribution in [3.05, 3.63) is 24.3 Å². The highest BCUT2D eigenvalue weighted by Gasteiger charge is 2.42. The van der Waals surface area contributed by atoms with Crippen LogP contribution in [0.15, 0.2) is 28.6 Å². The summed E-state index contributed by atoms with van der Waals surface area (Å²) in [5.41, 5.74) is 1.57. The normalized spacial score (nSPS) is 22.2. The molecule has 0 spiro atoms. The van der Waals surface area contributed by atoms with Crippen LogP contribution >= 0.6 is 23.3 Å². The van der Waals surface area contributed by atoms with Crippen molar-refractivity contribution < 1.29 is 0 Å². The van der Waals surface area contributed by atoms with E-state index in [1.54, 1.807) is 11.3 Å². The zero-order valence-electron chi connectivity index (χ0n) is 12.6. The van der Waals surface area contributed by atoms with Gasteiger partial charge in [-0.3, -0.25) is 0 Å². The third-order valence-electron chi connectivity index (χ3n) is 4.12. The van der Waals surface area contributed by atoms with Crippen LogP contribution in [0.1, 0.15) is 47.0 Å². The fourth-order valence-corrected chi connectivity index (χ4v) is 5.50. The van der Waals surface area contributed by atoms with Gasteiger partial charge >= 0.3 is 0 Å². The van der Waals surface area contributed by atoms with E-state index in [2.05, 4.69) is 56.3 Å². The molecule has 3 rings (SSSR count). The molecule has 2 aromatic rings. The number of aromatic nitrogens is 1. The molecule has 2 nitrogen and oxygen atoms in total. The predicted molar refractivity (Wildman–Crippen MR) is 89.3 cm³/mol. The fourth-order valence-electron chi connectivity index (χ4n) is 3.19. The summed E-state index contributed by atoms with van der Waals surface area (Å²) < 4.78 is 5.01. The molecule has 0 amide bonds. The van der Waals surface area contributed by atoms with E-state index in [4.69, 9.17) is 4.98 Å². The monoisotopic (exact) mass is 306 g/mol. The molecule has 1 aliphatic heterocycles. The number of nitrogens with zero attached hydrogens (tertiary/aromatic N) is 2. The lowest BCUT2D eigenvalue weighted by Crippen LogP contribution is -2.54. The SMILES string of the molecule is CC1(C)CCCC(C)(C)N1Sc1nc2ccccc2s1. The van der Waals surface area contributed by atoms with Crippen LogP contribution < -0.4 is 0 Å². The Morgan fingerprint density at radius 2 is 1.75 bits per heavy atom. The average molecular weight is 307 g/mol. The predicted octanol–water partition coefficient (Wildman–Crippen LogP) is 5.35. The number of thiazole rings is 1. The van der Waals surface area contributed by atoms with Gasteiger partial charge < -0.3 is 0 Å². The Morgan fingerprint density at radius 1 is 1.10 bits per heavy atom. The van der Waals surface area contributed by atoms with Gasteiger partial charge in [-0.2, -0.15) is 0 Å². The van der Waals surface area contributed by atoms with E-state index >= 15 is 0 Å². The second-order valence-corrected chi connectivity index (χ2v) is 9.04. The Labute approximate surface area is 129 Å². The first-order chi connectivity index (χ1) is 9.38. The van der Waals surface area contributed by atoms with Crippen LogP contribution in [0.3, 0.4) is 0 Å². The van der Waals surface area contributed by atoms with Crippen LogP contribution in [-0.4, -0.2) is 20.4 Å². The Hall–Kier alpha value is -0.580. The molecule has 1 saturated heterocycles. The van der Waals surface area contributed by atoms with Crippen molar-refractivity contribution in [3.63, 3.8) is 0 Å². The average Bonchev–Trinajstić information content (AvgIpc) is 2.76. The molecular formula is C16H22N2S2. The van der Waals surface area contributed by atoms with Crippen molar-refractivity contribution >= 4 is 33.5 Å². The van der Waals surface area contributed by atoms with Crippen LogP contribution in [0.5, 0.6) is 0 Å². The van der Waals surface area contributed by atoms with Crippen LogP contribution in [0.25, 0.3) is 10.2 Å². The smallest absolute Gasteiger partial charge is 0.166 e. The summed E-state index contributed by atoms with van der Waals surface area (Å²) in [4.78, 5) is 4.78. The first-order valence-corrected chi connectivity index (χ1v) is 8.81. The molecule has 4 heteroatoms. The molecule has 108 valence electrons. The number of rotatable bonds is 2. The molecule has 0 N–H and O–H groups in total. The quantitative estimate of drug-likeness (QED) is 0.696. The van der Waals surface area contributed by atoms with E-state index in [-0.39, 0.29) is 11.1 Å². The maximum absolute atomic E-state index is 4.78. The van der Waals surface area contributed by atoms with Crippen molar-refractivity contribution in [1.29, 1.82) is 0 Å². The van der Waals surface area contributed by atoms with Gasteiger partial charge in [-0.25, -0.2) is 9.29 Å². The van der Waals surface area contributed by atoms with E-state index in [0.29, 0.717) is 0 Å². The van der Waals surface area contributed by atoms with Crippen LogP contribution in [-0.2, 0) is 0 Å². The number of para-hydroxylation sites is 1. The lowest BCUT2D eigenvalue weighted by Gasteiger charge is -2.51. The molecule has 0 aliphatic carbocycles. The van der Waals surface area contributed by atoms with E-state index in [0.717, 1.165) is 9.86 Å². The van der Waals surface area contributed by atoms with Crippen molar-refractivity contribution in [2.45, 2.75) is 62.4 Å². The lowest BCUT2D eigenvalue weighted by molar-refractivity contribution is 0.0677. The highest BCUT2D eigenvalue weighted by atomic mass is 32.2. The van der Waals surface area contributed by atoms with Gasteiger partial charge in [-0.1, -0.05) is 12.1 Å². The standard InChI is InChI=1S/C16H22N2S2/c1-15(2)10-7-11-16(3,4)18(15)20-14-17-12-8-5-6-9-13(12)19-14/h5-6,8-9H,7,10-11H2,1-4H3. The Morgan fingerprint density at radius 3 is 2.40 bits per heavy atom. The minimum atomic E-state index is 0.226. The second kappa shape index (κ2) is 5.00. The van der Waals surface area contributed by atoms with Gasteiger partial charge in [0.25, 0.3) is 0 Å². The van der Waals surface area contributed by atoms with Crippen molar-refractivity contribution in [2.75, 3.05) is 0 Å². The summed E-state index contributed by atoms with van der Waals surface area (Å²) in [6.07, 6.45) is 3.83. The molecule has 1 fully saturated rings. The maximum Gasteiger partial charge on any atom is 0.166 e. The van der Waals surface area contributed by atoms with Gasteiger partial charge in [0.15, 0.2) is 4.34 Å². The molecule has 0 atom stereocenters. The number of fused-ring (bicyclic) bond motifs is 1. The summed E-state index contributed by atoms with van der Waals surface area (Å²) in [5, 5.41) is 0. The van der Waals surface area contributed by atoms with E-state index in [1.807, 2.05) is 11.9 Å². The molecule has 1 aliphatic rings. The third kappa shape index (κ3) is 2.61. The number of hydrogen-bond acceptors (Lipinski definition) is 4. The lowest BCUT2D eigenvalue weighted by atomic mass is 9.83. The summed E-state index contributed by atoms with van der Waals surface area (Å²) in [6, 6.07) is 8.40. The van der Waals surface area contributed by atoms with Crippen molar-refractivity contribution in [1.82, 2.24) is 9.29 Å². The molecule has 0 saturated carbocycles. The summed E-state index contributed by atoms with van der Waals surface area (Å²) >= 11 is 3.65. The van der Waals surface area contributed by atoms with Gasteiger partial charge in [-0.05, 0) is 71.0 Å². The molecule has 0 unspecified atom stereocenters. The van der Waals surface area contributed by atoms with Gasteiger partial charge in [0, 0.05) is 11.1 Å².